The van der Waals surface area contributed by atoms with E-state index in [9.17, 15) is 4.39 Å². The van der Waals surface area contributed by atoms with Crippen LogP contribution in [0.25, 0.3) is 16.9 Å². The zero-order chi connectivity index (χ0) is 16.5. The highest BCUT2D eigenvalue weighted by Gasteiger charge is 2.22. The molecule has 124 valence electrons. The van der Waals surface area contributed by atoms with E-state index in [2.05, 4.69) is 35.0 Å². The van der Waals surface area contributed by atoms with E-state index >= 15 is 0 Å². The van der Waals surface area contributed by atoms with Crippen molar-refractivity contribution in [2.45, 2.75) is 13.5 Å². The standard InChI is InChI=1S/C19H21FN4/c1-14-6-9-24-17(13-23-10-7-21-8-11-23)19(22-18(24)12-14)15-2-4-16(20)5-3-15/h2-6,9,12,21H,7-8,10-11,13H2,1H3/p+2. The van der Waals surface area contributed by atoms with Crippen LogP contribution in [0.2, 0.25) is 0 Å². The molecular formula is C19H23FN4+2. The predicted octanol–water partition coefficient (Wildman–Crippen LogP) is 0.411. The summed E-state index contributed by atoms with van der Waals surface area (Å²) < 4.78 is 15.5. The van der Waals surface area contributed by atoms with E-state index < -0.39 is 0 Å². The third kappa shape index (κ3) is 2.92. The summed E-state index contributed by atoms with van der Waals surface area (Å²) in [4.78, 5) is 6.44. The first-order valence-electron chi connectivity index (χ1n) is 8.59. The van der Waals surface area contributed by atoms with Gasteiger partial charge in [0.15, 0.2) is 0 Å². The predicted molar refractivity (Wildman–Crippen MR) is 91.4 cm³/mol. The Hall–Kier alpha value is -2.24. The average Bonchev–Trinajstić information content (AvgIpc) is 2.94. The van der Waals surface area contributed by atoms with E-state index in [1.54, 1.807) is 4.90 Å². The molecule has 4 rings (SSSR count). The molecule has 0 spiro atoms. The molecule has 5 heteroatoms. The summed E-state index contributed by atoms with van der Waals surface area (Å²) in [6.45, 7) is 7.72. The minimum atomic E-state index is -0.211. The van der Waals surface area contributed by atoms with Crippen LogP contribution in [0.15, 0.2) is 42.6 Å². The van der Waals surface area contributed by atoms with E-state index in [4.69, 9.17) is 4.98 Å². The molecule has 0 atom stereocenters. The second-order valence-electron chi connectivity index (χ2n) is 6.64. The number of hydrogen-bond donors (Lipinski definition) is 2. The van der Waals surface area contributed by atoms with Crippen LogP contribution in [-0.2, 0) is 6.54 Å². The van der Waals surface area contributed by atoms with Crippen LogP contribution < -0.4 is 10.2 Å². The van der Waals surface area contributed by atoms with Gasteiger partial charge in [-0.1, -0.05) is 0 Å². The molecule has 3 heterocycles. The number of benzene rings is 1. The fourth-order valence-electron chi connectivity index (χ4n) is 3.50. The monoisotopic (exact) mass is 326 g/mol. The number of piperazine rings is 1. The molecule has 2 aromatic heterocycles. The number of nitrogens with two attached hydrogens (primary N) is 1. The van der Waals surface area contributed by atoms with Crippen molar-refractivity contribution >= 4 is 5.65 Å². The van der Waals surface area contributed by atoms with Gasteiger partial charge in [-0.05, 0) is 48.9 Å². The van der Waals surface area contributed by atoms with Gasteiger partial charge in [0.05, 0.1) is 5.69 Å². The molecule has 3 aromatic rings. The van der Waals surface area contributed by atoms with E-state index in [1.807, 2.05) is 12.1 Å². The lowest BCUT2D eigenvalue weighted by atomic mass is 10.1. The zero-order valence-electron chi connectivity index (χ0n) is 13.9. The van der Waals surface area contributed by atoms with Gasteiger partial charge in [0.1, 0.15) is 49.9 Å². The van der Waals surface area contributed by atoms with Crippen LogP contribution >= 0.6 is 0 Å². The van der Waals surface area contributed by atoms with Crippen molar-refractivity contribution in [3.63, 3.8) is 0 Å². The maximum atomic E-state index is 13.3. The van der Waals surface area contributed by atoms with Crippen LogP contribution in [0.3, 0.4) is 0 Å². The second-order valence-corrected chi connectivity index (χ2v) is 6.64. The summed E-state index contributed by atoms with van der Waals surface area (Å²) in [5.41, 5.74) is 5.34. The SMILES string of the molecule is Cc1ccn2c(C[NH+]3CC[NH2+]CC3)c(-c3ccc(F)cc3)nc2c1. The molecule has 1 fully saturated rings. The van der Waals surface area contributed by atoms with Crippen LogP contribution in [0.1, 0.15) is 11.3 Å². The molecule has 1 aromatic carbocycles. The first-order chi connectivity index (χ1) is 11.7. The Bertz CT molecular complexity index is 848. The quantitative estimate of drug-likeness (QED) is 0.719. The van der Waals surface area contributed by atoms with Gasteiger partial charge in [-0.25, -0.2) is 9.37 Å². The van der Waals surface area contributed by atoms with Crippen molar-refractivity contribution in [1.29, 1.82) is 0 Å². The zero-order valence-corrected chi connectivity index (χ0v) is 13.9. The summed E-state index contributed by atoms with van der Waals surface area (Å²) >= 11 is 0. The lowest BCUT2D eigenvalue weighted by molar-refractivity contribution is -0.958. The number of nitrogens with one attached hydrogen (secondary N) is 1. The van der Waals surface area contributed by atoms with Crippen molar-refractivity contribution in [3.05, 3.63) is 59.7 Å². The van der Waals surface area contributed by atoms with Gasteiger partial charge in [0.2, 0.25) is 0 Å². The van der Waals surface area contributed by atoms with Gasteiger partial charge in [-0.3, -0.25) is 4.40 Å². The first kappa shape index (κ1) is 15.3. The lowest BCUT2D eigenvalue weighted by Crippen LogP contribution is -3.19. The molecule has 3 N–H and O–H groups in total. The van der Waals surface area contributed by atoms with Crippen molar-refractivity contribution in [1.82, 2.24) is 9.38 Å². The number of rotatable bonds is 3. The third-order valence-corrected chi connectivity index (χ3v) is 4.82. The number of aromatic nitrogens is 2. The minimum Gasteiger partial charge on any atom is -0.337 e. The molecule has 4 nitrogen and oxygen atoms in total. The molecule has 24 heavy (non-hydrogen) atoms. The average molecular weight is 326 g/mol. The normalized spacial score (nSPS) is 15.9. The molecule has 0 bridgehead atoms. The van der Waals surface area contributed by atoms with Crippen molar-refractivity contribution in [3.8, 4) is 11.3 Å². The third-order valence-electron chi connectivity index (χ3n) is 4.82. The second kappa shape index (κ2) is 6.34. The van der Waals surface area contributed by atoms with E-state index in [1.165, 1.54) is 49.6 Å². The number of hydrogen-bond acceptors (Lipinski definition) is 1. The van der Waals surface area contributed by atoms with E-state index in [0.29, 0.717) is 0 Å². The smallest absolute Gasteiger partial charge is 0.138 e. The first-order valence-corrected chi connectivity index (χ1v) is 8.59. The number of quaternary nitrogens is 2. The highest BCUT2D eigenvalue weighted by molar-refractivity contribution is 5.66. The Morgan fingerprint density at radius 1 is 1.17 bits per heavy atom. The van der Waals surface area contributed by atoms with E-state index in [0.717, 1.165) is 23.4 Å². The Labute approximate surface area is 140 Å². The highest BCUT2D eigenvalue weighted by atomic mass is 19.1. The number of nitrogens with zero attached hydrogens (tertiary/aromatic N) is 2. The summed E-state index contributed by atoms with van der Waals surface area (Å²) in [6, 6.07) is 10.9. The molecule has 1 aliphatic rings. The largest absolute Gasteiger partial charge is 0.337 e. The summed E-state index contributed by atoms with van der Waals surface area (Å²) in [6.07, 6.45) is 2.11. The Morgan fingerprint density at radius 3 is 2.67 bits per heavy atom. The van der Waals surface area contributed by atoms with E-state index in [-0.39, 0.29) is 5.82 Å². The maximum Gasteiger partial charge on any atom is 0.138 e. The van der Waals surface area contributed by atoms with Gasteiger partial charge in [-0.2, -0.15) is 0 Å². The molecule has 0 radical (unpaired) electrons. The van der Waals surface area contributed by atoms with Gasteiger partial charge in [0, 0.05) is 11.8 Å². The number of pyridine rings is 1. The number of aryl methyl sites for hydroxylation is 1. The molecule has 0 saturated carbocycles. The topological polar surface area (TPSA) is 38.4 Å². The van der Waals surface area contributed by atoms with Crippen molar-refractivity contribution < 1.29 is 14.6 Å². The highest BCUT2D eigenvalue weighted by Crippen LogP contribution is 2.24. The van der Waals surface area contributed by atoms with Crippen LogP contribution in [0.4, 0.5) is 4.39 Å². The van der Waals surface area contributed by atoms with Crippen molar-refractivity contribution in [2.75, 3.05) is 26.2 Å². The van der Waals surface area contributed by atoms with Crippen LogP contribution in [0.5, 0.6) is 0 Å². The van der Waals surface area contributed by atoms with Gasteiger partial charge >= 0.3 is 0 Å². The summed E-state index contributed by atoms with van der Waals surface area (Å²) in [5, 5.41) is 2.38. The van der Waals surface area contributed by atoms with Crippen LogP contribution in [0, 0.1) is 12.7 Å². The number of fused-ring (bicyclic) bond motifs is 1. The molecular weight excluding hydrogens is 303 g/mol. The van der Waals surface area contributed by atoms with Gasteiger partial charge in [0.25, 0.3) is 0 Å². The lowest BCUT2D eigenvalue weighted by Gasteiger charge is -2.22. The Kier molecular flexibility index (Phi) is 4.04. The molecule has 0 amide bonds. The van der Waals surface area contributed by atoms with Gasteiger partial charge < -0.3 is 10.2 Å². The molecule has 0 aliphatic carbocycles. The number of imidazole rings is 1. The maximum absolute atomic E-state index is 13.3. The fraction of sp³-hybridized carbons (Fsp3) is 0.316. The van der Waals surface area contributed by atoms with Crippen molar-refractivity contribution in [2.24, 2.45) is 0 Å². The Balaban J connectivity index is 1.81. The molecule has 1 aliphatic heterocycles. The number of halogens is 1. The van der Waals surface area contributed by atoms with Gasteiger partial charge in [-0.15, -0.1) is 0 Å². The van der Waals surface area contributed by atoms with Crippen LogP contribution in [-0.4, -0.2) is 35.6 Å². The fourth-order valence-corrected chi connectivity index (χ4v) is 3.50. The minimum absolute atomic E-state index is 0.211. The summed E-state index contributed by atoms with van der Waals surface area (Å²) in [5.74, 6) is -0.211. The Morgan fingerprint density at radius 2 is 1.92 bits per heavy atom. The molecule has 0 unspecified atom stereocenters. The molecule has 1 saturated heterocycles. The summed E-state index contributed by atoms with van der Waals surface area (Å²) in [7, 11) is 0.